The van der Waals surface area contributed by atoms with Crippen LogP contribution in [0.2, 0.25) is 0 Å². The summed E-state index contributed by atoms with van der Waals surface area (Å²) in [6.07, 6.45) is 0. The summed E-state index contributed by atoms with van der Waals surface area (Å²) in [7, 11) is 1.60. The van der Waals surface area contributed by atoms with Crippen LogP contribution in [0.15, 0.2) is 41.4 Å². The largest absolute Gasteiger partial charge is 0.493 e. The maximum Gasteiger partial charge on any atom is 0.196 e. The van der Waals surface area contributed by atoms with E-state index in [4.69, 9.17) is 9.47 Å². The van der Waals surface area contributed by atoms with Gasteiger partial charge in [0, 0.05) is 23.9 Å². The number of aliphatic imine (C=N–C) groups is 1. The molecule has 0 aliphatic rings. The summed E-state index contributed by atoms with van der Waals surface area (Å²) in [6, 6.07) is 10.1. The maximum absolute atomic E-state index is 13.5. The van der Waals surface area contributed by atoms with E-state index in [-0.39, 0.29) is 36.1 Å². The van der Waals surface area contributed by atoms with E-state index < -0.39 is 5.82 Å². The first-order valence-corrected chi connectivity index (χ1v) is 8.85. The first-order chi connectivity index (χ1) is 13.1. The van der Waals surface area contributed by atoms with Crippen LogP contribution in [0.3, 0.4) is 0 Å². The van der Waals surface area contributed by atoms with E-state index in [9.17, 15) is 9.50 Å². The number of methoxy groups -OCH3 is 1. The summed E-state index contributed by atoms with van der Waals surface area (Å²) in [5, 5.41) is 15.6. The molecule has 8 heteroatoms. The van der Waals surface area contributed by atoms with Crippen molar-refractivity contribution in [2.24, 2.45) is 4.99 Å². The maximum atomic E-state index is 13.5. The van der Waals surface area contributed by atoms with Crippen molar-refractivity contribution < 1.29 is 19.0 Å². The van der Waals surface area contributed by atoms with E-state index in [1.165, 1.54) is 6.07 Å². The van der Waals surface area contributed by atoms with Crippen molar-refractivity contribution in [3.63, 3.8) is 0 Å². The lowest BCUT2D eigenvalue weighted by molar-refractivity contribution is 0.275. The molecule has 0 fully saturated rings. The number of ether oxygens (including phenoxy) is 2. The van der Waals surface area contributed by atoms with E-state index in [1.54, 1.807) is 19.2 Å². The Morgan fingerprint density at radius 2 is 1.93 bits per heavy atom. The highest BCUT2D eigenvalue weighted by molar-refractivity contribution is 14.0. The van der Waals surface area contributed by atoms with Gasteiger partial charge in [0.2, 0.25) is 0 Å². The third kappa shape index (κ3) is 6.83. The summed E-state index contributed by atoms with van der Waals surface area (Å²) in [5.74, 6) is 1.47. The van der Waals surface area contributed by atoms with Gasteiger partial charge in [-0.2, -0.15) is 0 Å². The van der Waals surface area contributed by atoms with Crippen LogP contribution >= 0.6 is 24.0 Å². The molecule has 6 nitrogen and oxygen atoms in total. The quantitative estimate of drug-likeness (QED) is 0.289. The minimum Gasteiger partial charge on any atom is -0.493 e. The highest BCUT2D eigenvalue weighted by Crippen LogP contribution is 2.30. The Kier molecular flexibility index (Phi) is 10.6. The smallest absolute Gasteiger partial charge is 0.196 e. The van der Waals surface area contributed by atoms with E-state index in [1.807, 2.05) is 32.0 Å². The monoisotopic (exact) mass is 503 g/mol. The zero-order chi connectivity index (χ0) is 19.6. The van der Waals surface area contributed by atoms with E-state index in [0.29, 0.717) is 37.2 Å². The molecule has 2 aromatic rings. The van der Waals surface area contributed by atoms with Crippen molar-refractivity contribution in [3.8, 4) is 11.5 Å². The number of hydrogen-bond acceptors (Lipinski definition) is 4. The van der Waals surface area contributed by atoms with Gasteiger partial charge in [0.05, 0.1) is 26.9 Å². The van der Waals surface area contributed by atoms with E-state index >= 15 is 0 Å². The van der Waals surface area contributed by atoms with Gasteiger partial charge in [-0.15, -0.1) is 24.0 Å². The molecule has 2 aromatic carbocycles. The number of halogens is 2. The SMILES string of the molecule is CCNC(=NCc1ccc(F)c(CO)c1)Nc1ccc(OC)c(OCC)c1.I. The lowest BCUT2D eigenvalue weighted by atomic mass is 10.1. The van der Waals surface area contributed by atoms with Crippen LogP contribution in [0.25, 0.3) is 0 Å². The molecule has 0 saturated heterocycles. The first kappa shape index (κ1) is 24.0. The Morgan fingerprint density at radius 1 is 1.14 bits per heavy atom. The fourth-order valence-electron chi connectivity index (χ4n) is 2.48. The second-order valence-electron chi connectivity index (χ2n) is 5.70. The predicted molar refractivity (Wildman–Crippen MR) is 120 cm³/mol. The van der Waals surface area contributed by atoms with Crippen molar-refractivity contribution in [3.05, 3.63) is 53.3 Å². The minimum atomic E-state index is -0.419. The Bertz CT molecular complexity index is 787. The molecule has 154 valence electrons. The van der Waals surface area contributed by atoms with Crippen LogP contribution in [-0.4, -0.2) is 31.3 Å². The molecule has 0 bridgehead atoms. The van der Waals surface area contributed by atoms with Gasteiger partial charge in [0.1, 0.15) is 5.82 Å². The van der Waals surface area contributed by atoms with Gasteiger partial charge >= 0.3 is 0 Å². The fourth-order valence-corrected chi connectivity index (χ4v) is 2.48. The molecule has 0 aliphatic heterocycles. The standard InChI is InChI=1S/C20H26FN3O3.HI/c1-4-22-20(23-12-14-6-8-17(21)15(10-14)13-25)24-16-7-9-18(26-3)19(11-16)27-5-2;/h6-11,25H,4-5,12-13H2,1-3H3,(H2,22,23,24);1H. The third-order valence-corrected chi connectivity index (χ3v) is 3.77. The number of aliphatic hydroxyl groups excluding tert-OH is 1. The van der Waals surface area contributed by atoms with Crippen LogP contribution in [0.4, 0.5) is 10.1 Å². The average Bonchev–Trinajstić information content (AvgIpc) is 2.68. The Hall–Kier alpha value is -2.07. The lowest BCUT2D eigenvalue weighted by Gasteiger charge is -2.14. The molecule has 0 heterocycles. The topological polar surface area (TPSA) is 75.1 Å². The van der Waals surface area contributed by atoms with Gasteiger partial charge < -0.3 is 25.2 Å². The molecular formula is C20H27FIN3O3. The molecule has 3 N–H and O–H groups in total. The van der Waals surface area contributed by atoms with Crippen molar-refractivity contribution in [1.82, 2.24) is 5.32 Å². The van der Waals surface area contributed by atoms with Crippen molar-refractivity contribution in [1.29, 1.82) is 0 Å². The second-order valence-corrected chi connectivity index (χ2v) is 5.70. The molecule has 0 saturated carbocycles. The third-order valence-electron chi connectivity index (χ3n) is 3.77. The normalized spacial score (nSPS) is 10.8. The number of nitrogens with zero attached hydrogens (tertiary/aromatic N) is 1. The number of rotatable bonds is 8. The predicted octanol–water partition coefficient (Wildman–Crippen LogP) is 3.92. The first-order valence-electron chi connectivity index (χ1n) is 8.85. The molecular weight excluding hydrogens is 476 g/mol. The van der Waals surface area contributed by atoms with E-state index in [0.717, 1.165) is 11.3 Å². The number of nitrogens with one attached hydrogen (secondary N) is 2. The minimum absolute atomic E-state index is 0. The lowest BCUT2D eigenvalue weighted by Crippen LogP contribution is -2.30. The van der Waals surface area contributed by atoms with Gasteiger partial charge in [0.15, 0.2) is 17.5 Å². The summed E-state index contributed by atoms with van der Waals surface area (Å²) < 4.78 is 24.4. The van der Waals surface area contributed by atoms with Crippen LogP contribution in [-0.2, 0) is 13.2 Å². The molecule has 0 spiro atoms. The highest BCUT2D eigenvalue weighted by Gasteiger charge is 2.07. The summed E-state index contributed by atoms with van der Waals surface area (Å²) in [4.78, 5) is 4.52. The highest BCUT2D eigenvalue weighted by atomic mass is 127. The molecule has 0 aliphatic carbocycles. The van der Waals surface area contributed by atoms with Crippen LogP contribution in [0.1, 0.15) is 25.0 Å². The molecule has 0 radical (unpaired) electrons. The van der Waals surface area contributed by atoms with Crippen molar-refractivity contribution in [2.45, 2.75) is 27.0 Å². The van der Waals surface area contributed by atoms with Crippen LogP contribution < -0.4 is 20.1 Å². The van der Waals surface area contributed by atoms with Crippen molar-refractivity contribution >= 4 is 35.6 Å². The number of aliphatic hydroxyl groups is 1. The second kappa shape index (κ2) is 12.4. The number of hydrogen-bond donors (Lipinski definition) is 3. The average molecular weight is 503 g/mol. The summed E-state index contributed by atoms with van der Waals surface area (Å²) >= 11 is 0. The van der Waals surface area contributed by atoms with E-state index in [2.05, 4.69) is 15.6 Å². The molecule has 28 heavy (non-hydrogen) atoms. The Morgan fingerprint density at radius 3 is 2.57 bits per heavy atom. The van der Waals surface area contributed by atoms with Crippen LogP contribution in [0.5, 0.6) is 11.5 Å². The zero-order valence-corrected chi connectivity index (χ0v) is 18.6. The molecule has 0 unspecified atom stereocenters. The molecule has 0 aromatic heterocycles. The van der Waals surface area contributed by atoms with Gasteiger partial charge in [-0.25, -0.2) is 9.38 Å². The summed E-state index contributed by atoms with van der Waals surface area (Å²) in [5.41, 5.74) is 1.87. The molecule has 2 rings (SSSR count). The van der Waals surface area contributed by atoms with Crippen molar-refractivity contribution in [2.75, 3.05) is 25.6 Å². The van der Waals surface area contributed by atoms with Gasteiger partial charge in [-0.3, -0.25) is 0 Å². The number of guanidine groups is 1. The van der Waals surface area contributed by atoms with Crippen LogP contribution in [0, 0.1) is 5.82 Å². The fraction of sp³-hybridized carbons (Fsp3) is 0.350. The zero-order valence-electron chi connectivity index (χ0n) is 16.3. The number of benzene rings is 2. The van der Waals surface area contributed by atoms with Gasteiger partial charge in [-0.1, -0.05) is 6.07 Å². The van der Waals surface area contributed by atoms with Gasteiger partial charge in [0.25, 0.3) is 0 Å². The summed E-state index contributed by atoms with van der Waals surface area (Å²) in [6.45, 7) is 5.11. The Balaban J connectivity index is 0.00000392. The Labute approximate surface area is 182 Å². The number of anilines is 1. The van der Waals surface area contributed by atoms with Gasteiger partial charge in [-0.05, 0) is 43.7 Å². The molecule has 0 atom stereocenters. The molecule has 0 amide bonds.